The topological polar surface area (TPSA) is 55.6 Å². The Labute approximate surface area is 147 Å². The van der Waals surface area contributed by atoms with Crippen LogP contribution >= 0.6 is 0 Å². The first-order valence-corrected chi connectivity index (χ1v) is 9.07. The fourth-order valence-electron chi connectivity index (χ4n) is 3.97. The number of likely N-dealkylation sites (tertiary alicyclic amines) is 1. The Kier molecular flexibility index (Phi) is 4.24. The van der Waals surface area contributed by atoms with Gasteiger partial charge in [0.15, 0.2) is 0 Å². The molecule has 1 aromatic carbocycles. The van der Waals surface area contributed by atoms with Crippen molar-refractivity contribution in [1.82, 2.24) is 10.1 Å². The zero-order chi connectivity index (χ0) is 17.4. The Morgan fingerprint density at radius 3 is 3.04 bits per heavy atom. The van der Waals surface area contributed by atoms with Gasteiger partial charge in [-0.1, -0.05) is 17.3 Å². The smallest absolute Gasteiger partial charge is 0.222 e. The highest BCUT2D eigenvalue weighted by Gasteiger charge is 2.28. The van der Waals surface area contributed by atoms with Gasteiger partial charge in [0.25, 0.3) is 0 Å². The molecule has 25 heavy (non-hydrogen) atoms. The summed E-state index contributed by atoms with van der Waals surface area (Å²) in [4.78, 5) is 14.6. The molecule has 1 fully saturated rings. The van der Waals surface area contributed by atoms with Crippen molar-refractivity contribution in [1.29, 1.82) is 0 Å². The lowest BCUT2D eigenvalue weighted by Crippen LogP contribution is -2.28. The zero-order valence-corrected chi connectivity index (χ0v) is 14.9. The molecule has 1 aromatic heterocycles. The van der Waals surface area contributed by atoms with Crippen LogP contribution in [0.1, 0.15) is 46.9 Å². The van der Waals surface area contributed by atoms with Gasteiger partial charge in [0.1, 0.15) is 11.5 Å². The molecule has 2 aromatic rings. The van der Waals surface area contributed by atoms with Crippen molar-refractivity contribution < 1.29 is 14.1 Å². The van der Waals surface area contributed by atoms with Crippen LogP contribution in [0.25, 0.3) is 0 Å². The average Bonchev–Trinajstić information content (AvgIpc) is 3.33. The molecule has 1 amide bonds. The number of carbonyl (C=O) groups excluding carboxylic acids is 1. The van der Waals surface area contributed by atoms with E-state index in [-0.39, 0.29) is 5.91 Å². The molecule has 2 aliphatic rings. The van der Waals surface area contributed by atoms with Gasteiger partial charge < -0.3 is 14.2 Å². The van der Waals surface area contributed by atoms with Gasteiger partial charge >= 0.3 is 0 Å². The highest BCUT2D eigenvalue weighted by molar-refractivity contribution is 5.77. The molecule has 1 saturated heterocycles. The number of hydrogen-bond donors (Lipinski definition) is 0. The highest BCUT2D eigenvalue weighted by Crippen LogP contribution is 2.33. The second kappa shape index (κ2) is 6.54. The van der Waals surface area contributed by atoms with E-state index >= 15 is 0 Å². The van der Waals surface area contributed by atoms with Crippen LogP contribution in [-0.2, 0) is 17.6 Å². The summed E-state index contributed by atoms with van der Waals surface area (Å²) in [5.41, 5.74) is 4.61. The summed E-state index contributed by atoms with van der Waals surface area (Å²) >= 11 is 0. The quantitative estimate of drug-likeness (QED) is 0.858. The first-order valence-electron chi connectivity index (χ1n) is 9.07. The van der Waals surface area contributed by atoms with Crippen LogP contribution in [0.15, 0.2) is 22.7 Å². The molecule has 3 heterocycles. The van der Waals surface area contributed by atoms with Gasteiger partial charge in [0.05, 0.1) is 12.3 Å². The minimum Gasteiger partial charge on any atom is -0.493 e. The Balaban J connectivity index is 1.36. The van der Waals surface area contributed by atoms with Gasteiger partial charge in [-0.3, -0.25) is 4.79 Å². The Morgan fingerprint density at radius 2 is 2.24 bits per heavy atom. The van der Waals surface area contributed by atoms with Crippen LogP contribution < -0.4 is 4.74 Å². The van der Waals surface area contributed by atoms with E-state index in [1.165, 1.54) is 11.1 Å². The number of benzene rings is 1. The minimum atomic E-state index is 0.229. The van der Waals surface area contributed by atoms with E-state index < -0.39 is 0 Å². The fourth-order valence-corrected chi connectivity index (χ4v) is 3.97. The van der Waals surface area contributed by atoms with E-state index in [9.17, 15) is 4.79 Å². The van der Waals surface area contributed by atoms with E-state index in [1.807, 2.05) is 18.7 Å². The van der Waals surface area contributed by atoms with Crippen LogP contribution in [-0.4, -0.2) is 35.7 Å². The summed E-state index contributed by atoms with van der Waals surface area (Å²) in [5.74, 6) is 2.51. The SMILES string of the molecule is Cc1noc(C)c1CCC(=O)N1CC[C@@H](c2ccc3c(c2)CCO3)C1. The molecule has 4 rings (SSSR count). The molecular formula is C20H24N2O3. The van der Waals surface area contributed by atoms with E-state index in [4.69, 9.17) is 9.26 Å². The van der Waals surface area contributed by atoms with Crippen molar-refractivity contribution in [3.63, 3.8) is 0 Å². The number of carbonyl (C=O) groups is 1. The number of aryl methyl sites for hydroxylation is 2. The van der Waals surface area contributed by atoms with Gasteiger partial charge in [-0.05, 0) is 43.9 Å². The van der Waals surface area contributed by atoms with Crippen LogP contribution in [0.4, 0.5) is 0 Å². The number of aromatic nitrogens is 1. The summed E-state index contributed by atoms with van der Waals surface area (Å²) in [5, 5.41) is 3.96. The second-order valence-corrected chi connectivity index (χ2v) is 7.09. The third kappa shape index (κ3) is 3.15. The number of amides is 1. The molecule has 0 spiro atoms. The molecular weight excluding hydrogens is 316 g/mol. The van der Waals surface area contributed by atoms with E-state index in [0.29, 0.717) is 18.8 Å². The number of rotatable bonds is 4. The van der Waals surface area contributed by atoms with E-state index in [0.717, 1.165) is 55.3 Å². The molecule has 0 aliphatic carbocycles. The Morgan fingerprint density at radius 1 is 1.36 bits per heavy atom. The number of ether oxygens (including phenoxy) is 1. The van der Waals surface area contributed by atoms with Gasteiger partial charge in [0, 0.05) is 37.4 Å². The molecule has 0 radical (unpaired) electrons. The van der Waals surface area contributed by atoms with Crippen LogP contribution in [0, 0.1) is 13.8 Å². The second-order valence-electron chi connectivity index (χ2n) is 7.09. The number of nitrogens with zero attached hydrogens (tertiary/aromatic N) is 2. The van der Waals surface area contributed by atoms with Crippen LogP contribution in [0.3, 0.4) is 0 Å². The monoisotopic (exact) mass is 340 g/mol. The molecule has 5 heteroatoms. The maximum atomic E-state index is 12.6. The Bertz CT molecular complexity index is 777. The van der Waals surface area contributed by atoms with Crippen molar-refractivity contribution in [2.24, 2.45) is 0 Å². The number of hydrogen-bond acceptors (Lipinski definition) is 4. The molecule has 5 nitrogen and oxygen atoms in total. The average molecular weight is 340 g/mol. The largest absolute Gasteiger partial charge is 0.493 e. The predicted molar refractivity (Wildman–Crippen MR) is 93.9 cm³/mol. The van der Waals surface area contributed by atoms with Gasteiger partial charge in [-0.25, -0.2) is 0 Å². The highest BCUT2D eigenvalue weighted by atomic mass is 16.5. The zero-order valence-electron chi connectivity index (χ0n) is 14.9. The summed E-state index contributed by atoms with van der Waals surface area (Å²) in [6.45, 7) is 6.29. The molecule has 2 aliphatic heterocycles. The first kappa shape index (κ1) is 16.2. The van der Waals surface area contributed by atoms with Crippen molar-refractivity contribution in [3.05, 3.63) is 46.3 Å². The fraction of sp³-hybridized carbons (Fsp3) is 0.500. The summed E-state index contributed by atoms with van der Waals surface area (Å²) in [7, 11) is 0. The Hall–Kier alpha value is -2.30. The van der Waals surface area contributed by atoms with Crippen LogP contribution in [0.5, 0.6) is 5.75 Å². The standard InChI is InChI=1S/C20H24N2O3/c1-13-18(14(2)25-21-13)4-6-20(23)22-9-7-17(12-22)15-3-5-19-16(11-15)8-10-24-19/h3,5,11,17H,4,6-10,12H2,1-2H3/t17-/m1/s1. The molecule has 0 saturated carbocycles. The molecule has 1 atom stereocenters. The van der Waals surface area contributed by atoms with Gasteiger partial charge in [0.2, 0.25) is 5.91 Å². The summed E-state index contributed by atoms with van der Waals surface area (Å²) < 4.78 is 10.8. The third-order valence-electron chi connectivity index (χ3n) is 5.50. The minimum absolute atomic E-state index is 0.229. The summed E-state index contributed by atoms with van der Waals surface area (Å²) in [6.07, 6.45) is 3.26. The number of fused-ring (bicyclic) bond motifs is 1. The maximum Gasteiger partial charge on any atom is 0.222 e. The van der Waals surface area contributed by atoms with E-state index in [2.05, 4.69) is 23.4 Å². The van der Waals surface area contributed by atoms with Crippen molar-refractivity contribution in [3.8, 4) is 5.75 Å². The van der Waals surface area contributed by atoms with Crippen LogP contribution in [0.2, 0.25) is 0 Å². The molecule has 0 unspecified atom stereocenters. The molecule has 0 bridgehead atoms. The lowest BCUT2D eigenvalue weighted by atomic mass is 9.96. The lowest BCUT2D eigenvalue weighted by molar-refractivity contribution is -0.130. The van der Waals surface area contributed by atoms with Crippen molar-refractivity contribution in [2.75, 3.05) is 19.7 Å². The van der Waals surface area contributed by atoms with Gasteiger partial charge in [-0.15, -0.1) is 0 Å². The first-order chi connectivity index (χ1) is 12.1. The molecule has 0 N–H and O–H groups in total. The van der Waals surface area contributed by atoms with E-state index in [1.54, 1.807) is 0 Å². The summed E-state index contributed by atoms with van der Waals surface area (Å²) in [6, 6.07) is 6.51. The van der Waals surface area contributed by atoms with Gasteiger partial charge in [-0.2, -0.15) is 0 Å². The third-order valence-corrected chi connectivity index (χ3v) is 5.50. The normalized spacial score (nSPS) is 19.1. The van der Waals surface area contributed by atoms with Crippen molar-refractivity contribution in [2.45, 2.75) is 45.4 Å². The lowest BCUT2D eigenvalue weighted by Gasteiger charge is -2.17. The molecule has 132 valence electrons. The van der Waals surface area contributed by atoms with Crippen molar-refractivity contribution >= 4 is 5.91 Å². The maximum absolute atomic E-state index is 12.6. The predicted octanol–water partition coefficient (Wildman–Crippen LogP) is 3.18.